The van der Waals surface area contributed by atoms with Crippen LogP contribution in [-0.4, -0.2) is 26.6 Å². The zero-order chi connectivity index (χ0) is 15.4. The highest BCUT2D eigenvalue weighted by Gasteiger charge is 2.26. The molecular weight excluding hydrogens is 290 g/mol. The molecule has 0 saturated heterocycles. The van der Waals surface area contributed by atoms with Gasteiger partial charge in [-0.3, -0.25) is 4.79 Å². The van der Waals surface area contributed by atoms with Crippen molar-refractivity contribution < 1.29 is 14.7 Å². The fourth-order valence-corrected chi connectivity index (χ4v) is 2.58. The predicted octanol–water partition coefficient (Wildman–Crippen LogP) is 2.22. The topological polar surface area (TPSA) is 92.2 Å². The third kappa shape index (κ3) is 3.43. The maximum atomic E-state index is 12.3. The molecule has 2 N–H and O–H groups in total. The average molecular weight is 305 g/mol. The van der Waals surface area contributed by atoms with Crippen molar-refractivity contribution in [2.75, 3.05) is 0 Å². The van der Waals surface area contributed by atoms with E-state index >= 15 is 0 Å². The second kappa shape index (κ2) is 6.45. The fourth-order valence-electron chi connectivity index (χ4n) is 1.86. The van der Waals surface area contributed by atoms with Crippen molar-refractivity contribution in [1.82, 2.24) is 14.9 Å². The summed E-state index contributed by atoms with van der Waals surface area (Å²) in [4.78, 5) is 24.0. The van der Waals surface area contributed by atoms with E-state index in [-0.39, 0.29) is 5.92 Å². The molecule has 0 bridgehead atoms. The van der Waals surface area contributed by atoms with Crippen molar-refractivity contribution in [3.05, 3.63) is 46.5 Å². The molecule has 0 radical (unpaired) electrons. The van der Waals surface area contributed by atoms with Crippen LogP contribution in [0.3, 0.4) is 0 Å². The lowest BCUT2D eigenvalue weighted by atomic mass is 10.1. The highest BCUT2D eigenvalue weighted by molar-refractivity contribution is 7.08. The third-order valence-electron chi connectivity index (χ3n) is 2.92. The first-order valence-electron chi connectivity index (χ1n) is 6.41. The molecule has 0 fully saturated rings. The van der Waals surface area contributed by atoms with Crippen LogP contribution in [0.5, 0.6) is 0 Å². The number of hydrogen-bond donors (Lipinski definition) is 2. The monoisotopic (exact) mass is 305 g/mol. The van der Waals surface area contributed by atoms with Crippen LogP contribution in [0.1, 0.15) is 46.7 Å². The average Bonchev–Trinajstić information content (AvgIpc) is 2.94. The Labute approximate surface area is 126 Å². The molecule has 2 rings (SSSR count). The Balaban J connectivity index is 2.24. The minimum atomic E-state index is -1.11. The molecule has 1 atom stereocenters. The van der Waals surface area contributed by atoms with Crippen LogP contribution in [-0.2, 0) is 4.79 Å². The van der Waals surface area contributed by atoms with E-state index in [1.807, 2.05) is 13.8 Å². The van der Waals surface area contributed by atoms with Crippen LogP contribution in [0.15, 0.2) is 30.3 Å². The molecule has 2 aromatic rings. The van der Waals surface area contributed by atoms with E-state index in [2.05, 4.69) is 14.9 Å². The van der Waals surface area contributed by atoms with Crippen LogP contribution in [0, 0.1) is 0 Å². The van der Waals surface area contributed by atoms with Gasteiger partial charge in [-0.2, -0.15) is 0 Å². The number of carbonyl (C=O) groups is 2. The molecule has 0 aliphatic carbocycles. The Morgan fingerprint density at radius 1 is 1.24 bits per heavy atom. The zero-order valence-electron chi connectivity index (χ0n) is 11.6. The normalized spacial score (nSPS) is 12.1. The van der Waals surface area contributed by atoms with Crippen molar-refractivity contribution in [3.8, 4) is 0 Å². The fraction of sp³-hybridized carbons (Fsp3) is 0.286. The highest BCUT2D eigenvalue weighted by atomic mass is 32.1. The number of hydrogen-bond acceptors (Lipinski definition) is 5. The minimum absolute atomic E-state index is 0.0458. The van der Waals surface area contributed by atoms with Gasteiger partial charge >= 0.3 is 5.97 Å². The third-order valence-corrected chi connectivity index (χ3v) is 3.66. The summed E-state index contributed by atoms with van der Waals surface area (Å²) < 4.78 is 3.77. The van der Waals surface area contributed by atoms with Crippen molar-refractivity contribution in [2.45, 2.75) is 25.8 Å². The van der Waals surface area contributed by atoms with E-state index in [0.29, 0.717) is 16.1 Å². The quantitative estimate of drug-likeness (QED) is 0.883. The molecule has 0 saturated carbocycles. The Kier molecular flexibility index (Phi) is 4.64. The molecule has 1 heterocycles. The summed E-state index contributed by atoms with van der Waals surface area (Å²) in [5.41, 5.74) is 1.09. The van der Waals surface area contributed by atoms with Crippen LogP contribution in [0.4, 0.5) is 0 Å². The first-order valence-corrected chi connectivity index (χ1v) is 7.19. The summed E-state index contributed by atoms with van der Waals surface area (Å²) in [6.07, 6.45) is 0. The molecule has 110 valence electrons. The summed E-state index contributed by atoms with van der Waals surface area (Å²) in [6, 6.07) is 7.46. The van der Waals surface area contributed by atoms with E-state index in [0.717, 1.165) is 11.5 Å². The van der Waals surface area contributed by atoms with Gasteiger partial charge in [0.25, 0.3) is 5.91 Å². The van der Waals surface area contributed by atoms with E-state index in [9.17, 15) is 14.7 Å². The van der Waals surface area contributed by atoms with E-state index in [4.69, 9.17) is 0 Å². The van der Waals surface area contributed by atoms with E-state index < -0.39 is 17.9 Å². The first-order chi connectivity index (χ1) is 10.0. The summed E-state index contributed by atoms with van der Waals surface area (Å²) in [5, 5.41) is 15.8. The van der Waals surface area contributed by atoms with Gasteiger partial charge in [0.1, 0.15) is 4.88 Å². The number of carboxylic acids is 1. The van der Waals surface area contributed by atoms with Gasteiger partial charge in [0.2, 0.25) is 0 Å². The van der Waals surface area contributed by atoms with E-state index in [1.54, 1.807) is 30.3 Å². The van der Waals surface area contributed by atoms with Gasteiger partial charge in [-0.25, -0.2) is 4.79 Å². The maximum absolute atomic E-state index is 12.3. The summed E-state index contributed by atoms with van der Waals surface area (Å²) in [6.45, 7) is 3.80. The first kappa shape index (κ1) is 15.1. The van der Waals surface area contributed by atoms with Gasteiger partial charge in [-0.1, -0.05) is 48.7 Å². The summed E-state index contributed by atoms with van der Waals surface area (Å²) >= 11 is 0.969. The second-order valence-corrected chi connectivity index (χ2v) is 5.55. The number of benzene rings is 1. The molecule has 1 aromatic carbocycles. The summed E-state index contributed by atoms with van der Waals surface area (Å²) in [7, 11) is 0. The molecule has 0 aliphatic rings. The SMILES string of the molecule is CC(C)c1nnsc1C(=O)N[C@H](C(=O)O)c1ccccc1. The smallest absolute Gasteiger partial charge is 0.330 e. The maximum Gasteiger partial charge on any atom is 0.330 e. The Morgan fingerprint density at radius 2 is 1.90 bits per heavy atom. The lowest BCUT2D eigenvalue weighted by molar-refractivity contribution is -0.139. The van der Waals surface area contributed by atoms with Gasteiger partial charge in [0.15, 0.2) is 6.04 Å². The lowest BCUT2D eigenvalue weighted by Crippen LogP contribution is -2.33. The van der Waals surface area contributed by atoms with Crippen LogP contribution in [0.25, 0.3) is 0 Å². The molecule has 0 unspecified atom stereocenters. The Bertz CT molecular complexity index is 640. The number of amides is 1. The summed E-state index contributed by atoms with van der Waals surface area (Å²) in [5.74, 6) is -1.53. The number of nitrogens with one attached hydrogen (secondary N) is 1. The van der Waals surface area contributed by atoms with Crippen LogP contribution >= 0.6 is 11.5 Å². The zero-order valence-corrected chi connectivity index (χ0v) is 12.4. The van der Waals surface area contributed by atoms with Crippen LogP contribution in [0.2, 0.25) is 0 Å². The Morgan fingerprint density at radius 3 is 2.48 bits per heavy atom. The number of carbonyl (C=O) groups excluding carboxylic acids is 1. The van der Waals surface area contributed by atoms with Crippen molar-refractivity contribution in [2.24, 2.45) is 0 Å². The number of rotatable bonds is 5. The minimum Gasteiger partial charge on any atom is -0.479 e. The standard InChI is InChI=1S/C14H15N3O3S/c1-8(2)10-12(21-17-16-10)13(18)15-11(14(19)20)9-6-4-3-5-7-9/h3-8,11H,1-2H3,(H,15,18)(H,19,20)/t11-/m0/s1. The lowest BCUT2D eigenvalue weighted by Gasteiger charge is -2.14. The highest BCUT2D eigenvalue weighted by Crippen LogP contribution is 2.21. The largest absolute Gasteiger partial charge is 0.479 e. The van der Waals surface area contributed by atoms with Gasteiger partial charge in [-0.15, -0.1) is 5.10 Å². The van der Waals surface area contributed by atoms with Gasteiger partial charge in [0, 0.05) is 0 Å². The molecule has 21 heavy (non-hydrogen) atoms. The number of nitrogens with zero attached hydrogens (tertiary/aromatic N) is 2. The number of carboxylic acid groups (broad SMARTS) is 1. The van der Waals surface area contributed by atoms with Crippen molar-refractivity contribution in [3.63, 3.8) is 0 Å². The molecule has 0 spiro atoms. The van der Waals surface area contributed by atoms with Gasteiger partial charge in [0.05, 0.1) is 5.69 Å². The van der Waals surface area contributed by atoms with Gasteiger partial charge < -0.3 is 10.4 Å². The predicted molar refractivity (Wildman–Crippen MR) is 78.3 cm³/mol. The van der Waals surface area contributed by atoms with Gasteiger partial charge in [-0.05, 0) is 23.0 Å². The molecule has 7 heteroatoms. The molecular formula is C14H15N3O3S. The van der Waals surface area contributed by atoms with E-state index in [1.165, 1.54) is 0 Å². The van der Waals surface area contributed by atoms with Crippen molar-refractivity contribution in [1.29, 1.82) is 0 Å². The Hall–Kier alpha value is -2.28. The van der Waals surface area contributed by atoms with Crippen molar-refractivity contribution >= 4 is 23.4 Å². The van der Waals surface area contributed by atoms with Crippen LogP contribution < -0.4 is 5.32 Å². The molecule has 1 amide bonds. The molecule has 1 aromatic heterocycles. The number of aromatic nitrogens is 2. The molecule has 0 aliphatic heterocycles. The number of aliphatic carboxylic acids is 1. The second-order valence-electron chi connectivity index (χ2n) is 4.80. The molecule has 6 nitrogen and oxygen atoms in total.